The van der Waals surface area contributed by atoms with Gasteiger partial charge in [0, 0.05) is 12.7 Å². The van der Waals surface area contributed by atoms with Gasteiger partial charge >= 0.3 is 5.69 Å². The minimum atomic E-state index is -0.678. The highest BCUT2D eigenvalue weighted by molar-refractivity contribution is 5.93. The minimum absolute atomic E-state index is 0.0851. The van der Waals surface area contributed by atoms with Crippen molar-refractivity contribution < 1.29 is 4.79 Å². The predicted molar refractivity (Wildman–Crippen MR) is 50.3 cm³/mol. The summed E-state index contributed by atoms with van der Waals surface area (Å²) in [6, 6.07) is 0. The summed E-state index contributed by atoms with van der Waals surface area (Å²) in [7, 11) is 0. The first-order chi connectivity index (χ1) is 6.65. The van der Waals surface area contributed by atoms with Crippen LogP contribution >= 0.6 is 0 Å². The molecule has 0 aliphatic rings. The summed E-state index contributed by atoms with van der Waals surface area (Å²) in [5.41, 5.74) is -1.39. The largest absolute Gasteiger partial charge is 0.352 e. The summed E-state index contributed by atoms with van der Waals surface area (Å²) in [5.74, 6) is -0.482. The van der Waals surface area contributed by atoms with Gasteiger partial charge < -0.3 is 10.3 Å². The molecule has 0 spiro atoms. The highest BCUT2D eigenvalue weighted by atomic mass is 16.2. The Morgan fingerprint density at radius 1 is 1.50 bits per heavy atom. The Morgan fingerprint density at radius 2 is 2.21 bits per heavy atom. The van der Waals surface area contributed by atoms with Gasteiger partial charge in [0.1, 0.15) is 5.56 Å². The molecule has 0 saturated heterocycles. The fourth-order valence-corrected chi connectivity index (χ4v) is 0.912. The molecule has 0 unspecified atom stereocenters. The van der Waals surface area contributed by atoms with Gasteiger partial charge in [-0.1, -0.05) is 6.92 Å². The van der Waals surface area contributed by atoms with Crippen LogP contribution in [-0.4, -0.2) is 22.4 Å². The minimum Gasteiger partial charge on any atom is -0.352 e. The molecule has 14 heavy (non-hydrogen) atoms. The van der Waals surface area contributed by atoms with Crippen LogP contribution < -0.4 is 16.6 Å². The lowest BCUT2D eigenvalue weighted by molar-refractivity contribution is 0.0951. The monoisotopic (exact) mass is 197 g/mol. The van der Waals surface area contributed by atoms with Gasteiger partial charge in [-0.3, -0.25) is 14.6 Å². The Morgan fingerprint density at radius 3 is 2.79 bits per heavy atom. The molecule has 1 heterocycles. The number of H-pyrrole nitrogens is 2. The average molecular weight is 197 g/mol. The van der Waals surface area contributed by atoms with E-state index in [0.29, 0.717) is 6.54 Å². The molecule has 0 saturated carbocycles. The van der Waals surface area contributed by atoms with E-state index in [1.807, 2.05) is 11.9 Å². The number of hydrogen-bond donors (Lipinski definition) is 3. The third-order valence-electron chi connectivity index (χ3n) is 1.60. The summed E-state index contributed by atoms with van der Waals surface area (Å²) in [4.78, 5) is 37.2. The van der Waals surface area contributed by atoms with Crippen molar-refractivity contribution in [3.05, 3.63) is 32.6 Å². The van der Waals surface area contributed by atoms with Gasteiger partial charge in [0.25, 0.3) is 11.5 Å². The van der Waals surface area contributed by atoms with Crippen LogP contribution in [0, 0.1) is 0 Å². The maximum absolute atomic E-state index is 11.3. The number of carbonyl (C=O) groups excluding carboxylic acids is 1. The van der Waals surface area contributed by atoms with Crippen molar-refractivity contribution in [3.8, 4) is 0 Å². The lowest BCUT2D eigenvalue weighted by Crippen LogP contribution is -2.33. The van der Waals surface area contributed by atoms with E-state index in [-0.39, 0.29) is 5.56 Å². The van der Waals surface area contributed by atoms with Crippen LogP contribution in [0.2, 0.25) is 0 Å². The van der Waals surface area contributed by atoms with E-state index in [9.17, 15) is 14.4 Å². The van der Waals surface area contributed by atoms with Crippen molar-refractivity contribution in [2.75, 3.05) is 6.54 Å². The molecule has 6 nitrogen and oxygen atoms in total. The molecular formula is C8H11N3O3. The van der Waals surface area contributed by atoms with E-state index in [1.54, 1.807) is 0 Å². The number of hydrogen-bond acceptors (Lipinski definition) is 3. The summed E-state index contributed by atoms with van der Waals surface area (Å²) in [6.07, 6.45) is 1.89. The predicted octanol–water partition coefficient (Wildman–Crippen LogP) is -0.797. The van der Waals surface area contributed by atoms with Crippen LogP contribution in [0.5, 0.6) is 0 Å². The van der Waals surface area contributed by atoms with E-state index in [4.69, 9.17) is 0 Å². The van der Waals surface area contributed by atoms with Gasteiger partial charge in [-0.05, 0) is 6.42 Å². The Hall–Kier alpha value is -1.85. The molecule has 6 heteroatoms. The zero-order valence-electron chi connectivity index (χ0n) is 7.72. The Bertz CT molecular complexity index is 432. The molecule has 1 amide bonds. The van der Waals surface area contributed by atoms with Crippen LogP contribution in [0.4, 0.5) is 0 Å². The second kappa shape index (κ2) is 4.40. The highest BCUT2D eigenvalue weighted by Crippen LogP contribution is 1.84. The normalized spacial score (nSPS) is 9.79. The van der Waals surface area contributed by atoms with Crippen molar-refractivity contribution in [1.82, 2.24) is 15.3 Å². The van der Waals surface area contributed by atoms with Gasteiger partial charge in [-0.2, -0.15) is 0 Å². The van der Waals surface area contributed by atoms with E-state index in [1.165, 1.54) is 0 Å². The topological polar surface area (TPSA) is 94.8 Å². The summed E-state index contributed by atoms with van der Waals surface area (Å²) < 4.78 is 0. The molecule has 0 fully saturated rings. The molecule has 0 aliphatic heterocycles. The SMILES string of the molecule is CCCNC(=O)c1c[nH]c(=O)[nH]c1=O. The number of rotatable bonds is 3. The standard InChI is InChI=1S/C8H11N3O3/c1-2-3-9-6(12)5-4-10-8(14)11-7(5)13/h4H,2-3H2,1H3,(H,9,12)(H2,10,11,13,14). The first-order valence-corrected chi connectivity index (χ1v) is 4.25. The van der Waals surface area contributed by atoms with Crippen molar-refractivity contribution in [2.45, 2.75) is 13.3 Å². The zero-order chi connectivity index (χ0) is 10.6. The molecule has 3 N–H and O–H groups in total. The van der Waals surface area contributed by atoms with Crippen LogP contribution in [-0.2, 0) is 0 Å². The van der Waals surface area contributed by atoms with E-state index in [2.05, 4.69) is 10.3 Å². The van der Waals surface area contributed by atoms with Gasteiger partial charge in [-0.25, -0.2) is 4.79 Å². The van der Waals surface area contributed by atoms with Gasteiger partial charge in [-0.15, -0.1) is 0 Å². The molecule has 0 atom stereocenters. The fraction of sp³-hybridized carbons (Fsp3) is 0.375. The molecule has 1 aromatic rings. The molecule has 0 aromatic carbocycles. The van der Waals surface area contributed by atoms with Crippen LogP contribution in [0.25, 0.3) is 0 Å². The first-order valence-electron chi connectivity index (χ1n) is 4.25. The summed E-state index contributed by atoms with van der Waals surface area (Å²) in [5, 5.41) is 2.53. The smallest absolute Gasteiger partial charge is 0.325 e. The quantitative estimate of drug-likeness (QED) is 0.592. The van der Waals surface area contributed by atoms with Crippen molar-refractivity contribution >= 4 is 5.91 Å². The molecule has 0 aliphatic carbocycles. The van der Waals surface area contributed by atoms with Crippen LogP contribution in [0.1, 0.15) is 23.7 Å². The summed E-state index contributed by atoms with van der Waals surface area (Å²) >= 11 is 0. The molecular weight excluding hydrogens is 186 g/mol. The van der Waals surface area contributed by atoms with Crippen molar-refractivity contribution in [3.63, 3.8) is 0 Å². The lowest BCUT2D eigenvalue weighted by atomic mass is 10.3. The van der Waals surface area contributed by atoms with Crippen LogP contribution in [0.3, 0.4) is 0 Å². The molecule has 76 valence electrons. The van der Waals surface area contributed by atoms with E-state index >= 15 is 0 Å². The fourth-order valence-electron chi connectivity index (χ4n) is 0.912. The van der Waals surface area contributed by atoms with Crippen LogP contribution in [0.15, 0.2) is 15.8 Å². The number of amides is 1. The Labute approximate surface area is 79.4 Å². The molecule has 1 rings (SSSR count). The van der Waals surface area contributed by atoms with Gasteiger partial charge in [0.05, 0.1) is 0 Å². The Balaban J connectivity index is 2.91. The number of aromatic nitrogens is 2. The average Bonchev–Trinajstić information content (AvgIpc) is 2.14. The molecule has 0 bridgehead atoms. The second-order valence-electron chi connectivity index (χ2n) is 2.74. The second-order valence-corrected chi connectivity index (χ2v) is 2.74. The maximum Gasteiger partial charge on any atom is 0.325 e. The molecule has 0 radical (unpaired) electrons. The third kappa shape index (κ3) is 2.32. The number of carbonyl (C=O) groups is 1. The first kappa shape index (κ1) is 10.2. The summed E-state index contributed by atoms with van der Waals surface area (Å²) in [6.45, 7) is 2.40. The van der Waals surface area contributed by atoms with Crippen molar-refractivity contribution in [1.29, 1.82) is 0 Å². The van der Waals surface area contributed by atoms with E-state index < -0.39 is 17.2 Å². The Kier molecular flexibility index (Phi) is 3.22. The maximum atomic E-state index is 11.3. The number of nitrogens with one attached hydrogen (secondary N) is 3. The zero-order valence-corrected chi connectivity index (χ0v) is 7.72. The van der Waals surface area contributed by atoms with Gasteiger partial charge in [0.15, 0.2) is 0 Å². The highest BCUT2D eigenvalue weighted by Gasteiger charge is 2.08. The van der Waals surface area contributed by atoms with E-state index in [0.717, 1.165) is 12.6 Å². The molecule has 1 aromatic heterocycles. The number of aromatic amines is 2. The van der Waals surface area contributed by atoms with Gasteiger partial charge in [0.2, 0.25) is 0 Å². The van der Waals surface area contributed by atoms with Crippen molar-refractivity contribution in [2.24, 2.45) is 0 Å². The third-order valence-corrected chi connectivity index (χ3v) is 1.60. The lowest BCUT2D eigenvalue weighted by Gasteiger charge is -2.00.